The van der Waals surface area contributed by atoms with Crippen molar-refractivity contribution in [1.82, 2.24) is 0 Å². The minimum Gasteiger partial charge on any atom is -0.415 e. The highest BCUT2D eigenvalue weighted by atomic mass is 16.7. The van der Waals surface area contributed by atoms with E-state index in [1.54, 1.807) is 27.7 Å². The Morgan fingerprint density at radius 1 is 0.750 bits per heavy atom. The Morgan fingerprint density at radius 3 is 1.50 bits per heavy atom. The highest BCUT2D eigenvalue weighted by Gasteiger charge is 2.27. The number of carbonyl (C=O) groups excluding carboxylic acids is 1. The summed E-state index contributed by atoms with van der Waals surface area (Å²) < 4.78 is 10.8. The Kier molecular flexibility index (Phi) is 6.55. The topological polar surface area (TPSA) is 35.5 Å². The van der Waals surface area contributed by atoms with Crippen molar-refractivity contribution in [2.24, 2.45) is 0 Å². The minimum atomic E-state index is -0.985. The van der Waals surface area contributed by atoms with Crippen LogP contribution in [0.25, 0.3) is 0 Å². The number of hydrogen-bond donors (Lipinski definition) is 0. The molecule has 0 aliphatic rings. The minimum absolute atomic E-state index is 0.799. The van der Waals surface area contributed by atoms with Gasteiger partial charge in [0.1, 0.15) is 0 Å². The molecule has 3 heteroatoms. The van der Waals surface area contributed by atoms with E-state index in [0.717, 1.165) is 22.3 Å². The average Bonchev–Trinajstić information content (AvgIpc) is 2.58. The van der Waals surface area contributed by atoms with Crippen LogP contribution >= 0.6 is 0 Å². The number of aryl methyl sites for hydroxylation is 2. The highest BCUT2D eigenvalue weighted by molar-refractivity contribution is 5.62. The summed E-state index contributed by atoms with van der Waals surface area (Å²) in [5, 5.41) is 0. The van der Waals surface area contributed by atoms with Crippen molar-refractivity contribution >= 4 is 6.16 Å². The third-order valence-corrected chi connectivity index (χ3v) is 3.73. The van der Waals surface area contributed by atoms with Crippen molar-refractivity contribution in [3.63, 3.8) is 0 Å². The first-order valence-electron chi connectivity index (χ1n) is 9.16. The third-order valence-electron chi connectivity index (χ3n) is 3.73. The Morgan fingerprint density at radius 2 is 1.14 bits per heavy atom. The molecule has 0 fully saturated rings. The summed E-state index contributed by atoms with van der Waals surface area (Å²) in [5.74, 6) is 12.0. The van der Waals surface area contributed by atoms with Crippen molar-refractivity contribution in [2.45, 2.75) is 52.7 Å². The third kappa shape index (κ3) is 7.22. The van der Waals surface area contributed by atoms with E-state index in [1.165, 1.54) is 0 Å². The second-order valence-electron chi connectivity index (χ2n) is 7.71. The molecule has 0 bridgehead atoms. The monoisotopic (exact) mass is 374 g/mol. The molecule has 0 atom stereocenters. The van der Waals surface area contributed by atoms with Gasteiger partial charge in [-0.2, -0.15) is 0 Å². The lowest BCUT2D eigenvalue weighted by atomic mass is 10.1. The number of hydrogen-bond acceptors (Lipinski definition) is 3. The fourth-order valence-corrected chi connectivity index (χ4v) is 2.38. The number of rotatable bonds is 2. The van der Waals surface area contributed by atoms with E-state index in [9.17, 15) is 4.79 Å². The van der Waals surface area contributed by atoms with Gasteiger partial charge in [-0.05, 0) is 76.9 Å². The molecule has 2 rings (SSSR count). The van der Waals surface area contributed by atoms with Crippen LogP contribution in [0, 0.1) is 37.5 Å². The molecule has 2 aromatic rings. The molecule has 3 nitrogen and oxygen atoms in total. The Bertz CT molecular complexity index is 896. The molecule has 0 saturated heterocycles. The fraction of sp³-hybridized carbons (Fsp3) is 0.320. The van der Waals surface area contributed by atoms with Crippen LogP contribution < -0.4 is 0 Å². The second-order valence-corrected chi connectivity index (χ2v) is 7.71. The Balaban J connectivity index is 2.02. The van der Waals surface area contributed by atoms with E-state index in [2.05, 4.69) is 23.7 Å². The summed E-state index contributed by atoms with van der Waals surface area (Å²) in [7, 11) is 0. The molecule has 28 heavy (non-hydrogen) atoms. The lowest BCUT2D eigenvalue weighted by Gasteiger charge is -2.23. The van der Waals surface area contributed by atoms with E-state index in [0.29, 0.717) is 0 Å². The molecule has 0 heterocycles. The van der Waals surface area contributed by atoms with Gasteiger partial charge in [-0.25, -0.2) is 4.79 Å². The largest absolute Gasteiger partial charge is 0.511 e. The summed E-state index contributed by atoms with van der Waals surface area (Å²) in [6.45, 7) is 10.9. The van der Waals surface area contributed by atoms with Gasteiger partial charge in [0.15, 0.2) is 11.2 Å². The molecule has 0 saturated carbocycles. The molecule has 0 amide bonds. The van der Waals surface area contributed by atoms with Gasteiger partial charge in [0.05, 0.1) is 0 Å². The van der Waals surface area contributed by atoms with Crippen molar-refractivity contribution < 1.29 is 14.3 Å². The van der Waals surface area contributed by atoms with Gasteiger partial charge in [-0.3, -0.25) is 0 Å². The standard InChI is InChI=1S/C25H26O3/c1-19-9-7-11-21(17-19)13-15-24(3,4)27-23(26)28-25(5,6)16-14-22-12-8-10-20(2)18-22/h7-12,17-18H,1-6H3. The first-order chi connectivity index (χ1) is 13.0. The van der Waals surface area contributed by atoms with Gasteiger partial charge >= 0.3 is 6.16 Å². The zero-order chi connectivity index (χ0) is 20.8. The molecular weight excluding hydrogens is 348 g/mol. The fourth-order valence-electron chi connectivity index (χ4n) is 2.38. The second kappa shape index (κ2) is 8.68. The molecule has 0 spiro atoms. The smallest absolute Gasteiger partial charge is 0.415 e. The number of carbonyl (C=O) groups is 1. The molecular formula is C25H26O3. The van der Waals surface area contributed by atoms with Crippen LogP contribution in [-0.4, -0.2) is 17.4 Å². The lowest BCUT2D eigenvalue weighted by molar-refractivity contribution is -0.0230. The predicted octanol–water partition coefficient (Wildman–Crippen LogP) is 5.42. The van der Waals surface area contributed by atoms with E-state index in [4.69, 9.17) is 9.47 Å². The lowest BCUT2D eigenvalue weighted by Crippen LogP contribution is -2.32. The molecule has 0 aliphatic carbocycles. The first-order valence-corrected chi connectivity index (χ1v) is 9.16. The Hall–Kier alpha value is -3.17. The summed E-state index contributed by atoms with van der Waals surface area (Å²) in [5.41, 5.74) is 2.02. The van der Waals surface area contributed by atoms with Crippen LogP contribution in [-0.2, 0) is 9.47 Å². The molecule has 0 N–H and O–H groups in total. The van der Waals surface area contributed by atoms with Crippen LogP contribution in [0.5, 0.6) is 0 Å². The summed E-state index contributed by atoms with van der Waals surface area (Å²) in [6.07, 6.45) is -0.799. The quantitative estimate of drug-likeness (QED) is 0.520. The summed E-state index contributed by atoms with van der Waals surface area (Å²) in [6, 6.07) is 15.7. The van der Waals surface area contributed by atoms with Crippen LogP contribution in [0.2, 0.25) is 0 Å². The van der Waals surface area contributed by atoms with Crippen molar-refractivity contribution in [3.05, 3.63) is 70.8 Å². The SMILES string of the molecule is Cc1cccc(C#CC(C)(C)OC(=O)OC(C)(C)C#Cc2cccc(C)c2)c1. The number of ether oxygens (including phenoxy) is 2. The van der Waals surface area contributed by atoms with E-state index in [1.807, 2.05) is 62.4 Å². The van der Waals surface area contributed by atoms with Crippen molar-refractivity contribution in [2.75, 3.05) is 0 Å². The van der Waals surface area contributed by atoms with Gasteiger partial charge in [-0.15, -0.1) is 0 Å². The maximum absolute atomic E-state index is 12.2. The number of benzene rings is 2. The van der Waals surface area contributed by atoms with Gasteiger partial charge in [0.25, 0.3) is 0 Å². The van der Waals surface area contributed by atoms with Crippen LogP contribution in [0.4, 0.5) is 4.79 Å². The van der Waals surface area contributed by atoms with E-state index >= 15 is 0 Å². The first kappa shape index (κ1) is 21.1. The van der Waals surface area contributed by atoms with E-state index < -0.39 is 17.4 Å². The molecule has 2 aromatic carbocycles. The molecule has 144 valence electrons. The van der Waals surface area contributed by atoms with Crippen molar-refractivity contribution in [1.29, 1.82) is 0 Å². The normalized spacial score (nSPS) is 10.8. The molecule has 0 aromatic heterocycles. The van der Waals surface area contributed by atoms with Gasteiger partial charge < -0.3 is 9.47 Å². The zero-order valence-electron chi connectivity index (χ0n) is 17.3. The van der Waals surface area contributed by atoms with Crippen molar-refractivity contribution in [3.8, 4) is 23.7 Å². The molecule has 0 unspecified atom stereocenters. The molecule has 0 radical (unpaired) electrons. The summed E-state index contributed by atoms with van der Waals surface area (Å²) >= 11 is 0. The highest BCUT2D eigenvalue weighted by Crippen LogP contribution is 2.15. The van der Waals surface area contributed by atoms with Crippen LogP contribution in [0.3, 0.4) is 0 Å². The predicted molar refractivity (Wildman–Crippen MR) is 112 cm³/mol. The zero-order valence-corrected chi connectivity index (χ0v) is 17.3. The Labute approximate surface area is 168 Å². The summed E-state index contributed by atoms with van der Waals surface area (Å²) in [4.78, 5) is 12.2. The van der Waals surface area contributed by atoms with Crippen LogP contribution in [0.1, 0.15) is 49.9 Å². The average molecular weight is 374 g/mol. The van der Waals surface area contributed by atoms with Crippen LogP contribution in [0.15, 0.2) is 48.5 Å². The van der Waals surface area contributed by atoms with E-state index in [-0.39, 0.29) is 0 Å². The van der Waals surface area contributed by atoms with Gasteiger partial charge in [-0.1, -0.05) is 47.9 Å². The van der Waals surface area contributed by atoms with Gasteiger partial charge in [0.2, 0.25) is 0 Å². The molecule has 0 aliphatic heterocycles. The maximum Gasteiger partial charge on any atom is 0.511 e. The maximum atomic E-state index is 12.2. The van der Waals surface area contributed by atoms with Gasteiger partial charge in [0, 0.05) is 11.1 Å².